The van der Waals surface area contributed by atoms with Gasteiger partial charge in [-0.2, -0.15) is 5.10 Å². The van der Waals surface area contributed by atoms with Gasteiger partial charge < -0.3 is 19.9 Å². The van der Waals surface area contributed by atoms with Crippen LogP contribution in [-0.2, 0) is 4.74 Å². The molecule has 3 amide bonds. The quantitative estimate of drug-likeness (QED) is 0.789. The summed E-state index contributed by atoms with van der Waals surface area (Å²) in [6.45, 7) is 9.43. The second kappa shape index (κ2) is 9.41. The zero-order chi connectivity index (χ0) is 22.6. The molecular formula is C23H33N5O3. The predicted molar refractivity (Wildman–Crippen MR) is 120 cm³/mol. The number of benzene rings is 1. The van der Waals surface area contributed by atoms with Crippen LogP contribution in [0.3, 0.4) is 0 Å². The van der Waals surface area contributed by atoms with Crippen molar-refractivity contribution in [2.24, 2.45) is 5.92 Å². The highest BCUT2D eigenvalue weighted by atomic mass is 16.6. The Kier molecular flexibility index (Phi) is 6.87. The number of anilines is 1. The minimum absolute atomic E-state index is 0.126. The third kappa shape index (κ3) is 6.23. The van der Waals surface area contributed by atoms with Gasteiger partial charge in [0.1, 0.15) is 5.60 Å². The van der Waals surface area contributed by atoms with Crippen LogP contribution in [0.15, 0.2) is 36.5 Å². The van der Waals surface area contributed by atoms with E-state index in [1.807, 2.05) is 67.6 Å². The summed E-state index contributed by atoms with van der Waals surface area (Å²) in [6, 6.07) is 9.46. The van der Waals surface area contributed by atoms with Gasteiger partial charge >= 0.3 is 12.1 Å². The van der Waals surface area contributed by atoms with Crippen LogP contribution in [0, 0.1) is 12.8 Å². The van der Waals surface area contributed by atoms with Crippen LogP contribution in [0.5, 0.6) is 0 Å². The Morgan fingerprint density at radius 2 is 2.06 bits per heavy atom. The molecule has 0 saturated carbocycles. The molecule has 0 radical (unpaired) electrons. The average Bonchev–Trinajstić information content (AvgIpc) is 3.13. The first-order valence-corrected chi connectivity index (χ1v) is 10.7. The molecule has 8 nitrogen and oxygen atoms in total. The zero-order valence-corrected chi connectivity index (χ0v) is 19.1. The molecule has 1 aliphatic heterocycles. The third-order valence-electron chi connectivity index (χ3n) is 5.22. The molecule has 1 aliphatic rings. The van der Waals surface area contributed by atoms with Crippen molar-refractivity contribution in [3.05, 3.63) is 42.2 Å². The van der Waals surface area contributed by atoms with Crippen LogP contribution in [0.25, 0.3) is 5.69 Å². The molecular weight excluding hydrogens is 394 g/mol. The number of ether oxygens (including phenoxy) is 1. The van der Waals surface area contributed by atoms with Crippen LogP contribution < -0.4 is 5.32 Å². The van der Waals surface area contributed by atoms with Crippen LogP contribution in [0.2, 0.25) is 0 Å². The van der Waals surface area contributed by atoms with E-state index in [2.05, 4.69) is 10.4 Å². The number of nitrogens with zero attached hydrogens (tertiary/aromatic N) is 4. The van der Waals surface area contributed by atoms with Crippen molar-refractivity contribution in [3.63, 3.8) is 0 Å². The van der Waals surface area contributed by atoms with E-state index < -0.39 is 5.60 Å². The van der Waals surface area contributed by atoms with E-state index in [0.29, 0.717) is 19.6 Å². The number of hydrogen-bond acceptors (Lipinski definition) is 4. The number of carbonyl (C=O) groups is 2. The Bertz CT molecular complexity index is 918. The smallest absolute Gasteiger partial charge is 0.410 e. The zero-order valence-electron chi connectivity index (χ0n) is 19.1. The Hall–Kier alpha value is -3.03. The lowest BCUT2D eigenvalue weighted by Crippen LogP contribution is -2.46. The molecule has 1 aromatic heterocycles. The number of amides is 3. The lowest BCUT2D eigenvalue weighted by molar-refractivity contribution is 0.0253. The summed E-state index contributed by atoms with van der Waals surface area (Å²) >= 11 is 0. The summed E-state index contributed by atoms with van der Waals surface area (Å²) in [5, 5.41) is 7.32. The molecule has 1 atom stereocenters. The lowest BCUT2D eigenvalue weighted by atomic mass is 9.98. The Labute approximate surface area is 184 Å². The molecule has 2 aromatic rings. The molecule has 2 heterocycles. The fraction of sp³-hybridized carbons (Fsp3) is 0.522. The molecule has 0 aliphatic carbocycles. The average molecular weight is 428 g/mol. The molecule has 3 rings (SSSR count). The van der Waals surface area contributed by atoms with Crippen molar-refractivity contribution in [2.45, 2.75) is 46.1 Å². The van der Waals surface area contributed by atoms with Gasteiger partial charge in [0, 0.05) is 44.3 Å². The second-order valence-corrected chi connectivity index (χ2v) is 9.18. The Morgan fingerprint density at radius 3 is 2.74 bits per heavy atom. The minimum atomic E-state index is -0.521. The van der Waals surface area contributed by atoms with Gasteiger partial charge in [0.05, 0.1) is 5.69 Å². The summed E-state index contributed by atoms with van der Waals surface area (Å²) in [5.74, 6) is 0.218. The number of nitrogens with one attached hydrogen (secondary N) is 1. The molecule has 1 fully saturated rings. The molecule has 1 aromatic carbocycles. The molecule has 8 heteroatoms. The van der Waals surface area contributed by atoms with E-state index in [9.17, 15) is 9.59 Å². The van der Waals surface area contributed by atoms with Crippen molar-refractivity contribution in [2.75, 3.05) is 32.0 Å². The first kappa shape index (κ1) is 22.7. The van der Waals surface area contributed by atoms with Gasteiger partial charge in [0.15, 0.2) is 0 Å². The van der Waals surface area contributed by atoms with Gasteiger partial charge in [-0.3, -0.25) is 0 Å². The number of aryl methyl sites for hydroxylation is 1. The maximum atomic E-state index is 12.9. The highest BCUT2D eigenvalue weighted by Crippen LogP contribution is 2.21. The number of rotatable bonds is 4. The van der Waals surface area contributed by atoms with Gasteiger partial charge in [-0.05, 0) is 70.7 Å². The Morgan fingerprint density at radius 1 is 1.29 bits per heavy atom. The van der Waals surface area contributed by atoms with Gasteiger partial charge in [0.2, 0.25) is 0 Å². The summed E-state index contributed by atoms with van der Waals surface area (Å²) in [6.07, 6.45) is 3.31. The predicted octanol–water partition coefficient (Wildman–Crippen LogP) is 4.29. The van der Waals surface area contributed by atoms with Crippen molar-refractivity contribution >= 4 is 17.8 Å². The molecule has 0 bridgehead atoms. The van der Waals surface area contributed by atoms with E-state index in [0.717, 1.165) is 29.9 Å². The number of carbonyl (C=O) groups excluding carboxylic acids is 2. The van der Waals surface area contributed by atoms with E-state index in [1.165, 1.54) is 0 Å². The van der Waals surface area contributed by atoms with E-state index in [4.69, 9.17) is 4.74 Å². The van der Waals surface area contributed by atoms with E-state index in [1.54, 1.807) is 18.1 Å². The van der Waals surface area contributed by atoms with Crippen LogP contribution in [0.1, 0.15) is 39.3 Å². The highest BCUT2D eigenvalue weighted by molar-refractivity contribution is 5.89. The number of aromatic nitrogens is 2. The lowest BCUT2D eigenvalue weighted by Gasteiger charge is -2.35. The van der Waals surface area contributed by atoms with E-state index in [-0.39, 0.29) is 18.0 Å². The fourth-order valence-corrected chi connectivity index (χ4v) is 3.76. The maximum absolute atomic E-state index is 12.9. The number of hydrogen-bond donors (Lipinski definition) is 1. The first-order valence-electron chi connectivity index (χ1n) is 10.7. The molecule has 1 unspecified atom stereocenters. The fourth-order valence-electron chi connectivity index (χ4n) is 3.76. The molecule has 31 heavy (non-hydrogen) atoms. The third-order valence-corrected chi connectivity index (χ3v) is 5.22. The largest absolute Gasteiger partial charge is 0.444 e. The minimum Gasteiger partial charge on any atom is -0.444 e. The number of urea groups is 1. The maximum Gasteiger partial charge on any atom is 0.410 e. The van der Waals surface area contributed by atoms with Crippen LogP contribution in [0.4, 0.5) is 15.3 Å². The van der Waals surface area contributed by atoms with Crippen molar-refractivity contribution < 1.29 is 14.3 Å². The van der Waals surface area contributed by atoms with Gasteiger partial charge in [-0.15, -0.1) is 0 Å². The van der Waals surface area contributed by atoms with E-state index >= 15 is 0 Å². The molecule has 1 saturated heterocycles. The number of likely N-dealkylation sites (tertiary alicyclic amines) is 1. The molecule has 0 spiro atoms. The number of piperidine rings is 1. The normalized spacial score (nSPS) is 16.7. The molecule has 1 N–H and O–H groups in total. The van der Waals surface area contributed by atoms with Gasteiger partial charge in [0.25, 0.3) is 0 Å². The van der Waals surface area contributed by atoms with Gasteiger partial charge in [-0.25, -0.2) is 14.3 Å². The van der Waals surface area contributed by atoms with Crippen molar-refractivity contribution in [1.29, 1.82) is 0 Å². The van der Waals surface area contributed by atoms with Crippen molar-refractivity contribution in [1.82, 2.24) is 19.6 Å². The first-order chi connectivity index (χ1) is 14.6. The van der Waals surface area contributed by atoms with Crippen molar-refractivity contribution in [3.8, 4) is 5.69 Å². The summed E-state index contributed by atoms with van der Waals surface area (Å²) in [7, 11) is 1.75. The Balaban J connectivity index is 1.58. The summed E-state index contributed by atoms with van der Waals surface area (Å²) in [5.41, 5.74) is 2.13. The standard InChI is InChI=1S/C23H33N5O3/c1-17-11-12-24-28(17)20-10-6-9-19(14-20)25-21(29)27-13-7-8-18(16-27)15-26(5)22(30)31-23(2,3)4/h6,9-12,14,18H,7-8,13,15-16H2,1-5H3,(H,25,29). The second-order valence-electron chi connectivity index (χ2n) is 9.18. The molecule has 168 valence electrons. The monoisotopic (exact) mass is 427 g/mol. The van der Waals surface area contributed by atoms with Crippen LogP contribution in [-0.4, -0.2) is 64.0 Å². The van der Waals surface area contributed by atoms with Gasteiger partial charge in [-0.1, -0.05) is 6.07 Å². The topological polar surface area (TPSA) is 79.7 Å². The summed E-state index contributed by atoms with van der Waals surface area (Å²) < 4.78 is 7.26. The summed E-state index contributed by atoms with van der Waals surface area (Å²) in [4.78, 5) is 28.5. The van der Waals surface area contributed by atoms with Crippen LogP contribution >= 0.6 is 0 Å². The SMILES string of the molecule is Cc1ccnn1-c1cccc(NC(=O)N2CCCC(CN(C)C(=O)OC(C)(C)C)C2)c1. The highest BCUT2D eigenvalue weighted by Gasteiger charge is 2.27.